The van der Waals surface area contributed by atoms with Crippen molar-refractivity contribution < 1.29 is 0 Å². The number of benzene rings is 15. The van der Waals surface area contributed by atoms with E-state index in [1.165, 1.54) is 65.3 Å². The fraction of sp³-hybridized carbons (Fsp3) is 0. The van der Waals surface area contributed by atoms with E-state index in [1.54, 1.807) is 0 Å². The zero-order valence-corrected chi connectivity index (χ0v) is 47.7. The highest BCUT2D eigenvalue weighted by molar-refractivity contribution is 6.23. The Labute approximate surface area is 507 Å². The summed E-state index contributed by atoms with van der Waals surface area (Å²) in [5, 5.41) is 14.3. The van der Waals surface area contributed by atoms with Gasteiger partial charge in [0.25, 0.3) is 0 Å². The van der Waals surface area contributed by atoms with Crippen LogP contribution in [0.1, 0.15) is 0 Å². The topological polar surface area (TPSA) is 48.5 Å². The van der Waals surface area contributed by atoms with Gasteiger partial charge in [0.2, 0.25) is 0 Å². The number of hydrogen-bond acceptors (Lipinski definition) is 3. The zero-order chi connectivity index (χ0) is 57.8. The summed E-state index contributed by atoms with van der Waals surface area (Å²) >= 11 is 0. The average Bonchev–Trinajstić information content (AvgIpc) is 1.08. The number of pyridine rings is 1. The monoisotopic (exact) mass is 1120 g/mol. The van der Waals surface area contributed by atoms with E-state index in [-0.39, 0.29) is 0 Å². The van der Waals surface area contributed by atoms with Gasteiger partial charge in [-0.2, -0.15) is 0 Å². The highest BCUT2D eigenvalue weighted by Crippen LogP contribution is 2.46. The van der Waals surface area contributed by atoms with Gasteiger partial charge < -0.3 is 0 Å². The van der Waals surface area contributed by atoms with E-state index in [9.17, 15) is 0 Å². The highest BCUT2D eigenvalue weighted by atomic mass is 15.1. The molecule has 0 unspecified atom stereocenters. The number of imidazole rings is 2. The van der Waals surface area contributed by atoms with Crippen LogP contribution in [0.3, 0.4) is 0 Å². The number of para-hydroxylation sites is 2. The van der Waals surface area contributed by atoms with Gasteiger partial charge in [0.15, 0.2) is 0 Å². The number of aromatic nitrogens is 5. The van der Waals surface area contributed by atoms with Crippen molar-refractivity contribution in [2.24, 2.45) is 0 Å². The molecule has 0 bridgehead atoms. The minimum absolute atomic E-state index is 0.866. The largest absolute Gasteiger partial charge is 0.292 e. The molecule has 3 heterocycles. The van der Waals surface area contributed by atoms with E-state index < -0.39 is 0 Å². The van der Waals surface area contributed by atoms with Gasteiger partial charge in [-0.15, -0.1) is 0 Å². The summed E-state index contributed by atoms with van der Waals surface area (Å²) in [6.45, 7) is 0. The predicted molar refractivity (Wildman–Crippen MR) is 369 cm³/mol. The maximum atomic E-state index is 5.59. The van der Waals surface area contributed by atoms with Gasteiger partial charge in [-0.05, 0) is 125 Å². The van der Waals surface area contributed by atoms with Crippen LogP contribution in [-0.2, 0) is 0 Å². The molecule has 0 saturated carbocycles. The second-order valence-electron chi connectivity index (χ2n) is 23.0. The molecular formula is C83H51N5. The van der Waals surface area contributed by atoms with Crippen LogP contribution in [-0.4, -0.2) is 24.1 Å². The van der Waals surface area contributed by atoms with Crippen LogP contribution in [0.4, 0.5) is 0 Å². The van der Waals surface area contributed by atoms with Crippen LogP contribution in [0.5, 0.6) is 0 Å². The molecular weight excluding hydrogens is 1070 g/mol. The smallest absolute Gasteiger partial charge is 0.145 e. The van der Waals surface area contributed by atoms with Crippen molar-refractivity contribution in [2.75, 3.05) is 0 Å². The molecule has 5 nitrogen and oxygen atoms in total. The summed E-state index contributed by atoms with van der Waals surface area (Å²) in [6, 6.07) is 112. The molecule has 408 valence electrons. The van der Waals surface area contributed by atoms with Crippen molar-refractivity contribution in [3.63, 3.8) is 0 Å². The van der Waals surface area contributed by atoms with Crippen LogP contribution in [0.15, 0.2) is 309 Å². The molecule has 0 aliphatic heterocycles. The first kappa shape index (κ1) is 49.6. The molecule has 0 saturated heterocycles. The second kappa shape index (κ2) is 19.9. The van der Waals surface area contributed by atoms with Gasteiger partial charge in [0.1, 0.15) is 11.6 Å². The molecule has 0 spiro atoms. The lowest BCUT2D eigenvalue weighted by Gasteiger charge is -2.18. The summed E-state index contributed by atoms with van der Waals surface area (Å²) in [5.74, 6) is 1.74. The molecule has 18 rings (SSSR count). The number of hydrogen-bond donors (Lipinski definition) is 0. The third-order valence-corrected chi connectivity index (χ3v) is 18.1. The van der Waals surface area contributed by atoms with E-state index in [0.717, 1.165) is 111 Å². The Morgan fingerprint density at radius 1 is 0.216 bits per heavy atom. The standard InChI is InChI=1S/C83H51N5/c1-3-21-57(22-4-1)83-86-81-66(32-17-33-75(81)88(83)63-45-40-56(41-46-63)76-67-28-13-15-30-69(67)78(70-31-16-14-29-68(70)76)61-39-34-52-18-7-8-23-59(52)50-61)60-44-49-74-73(51-60)84-82(87(74)62-24-5-2-6-25-62)58-37-35-55(36-38-58)77-71-47-42-53-19-9-11-26-64(53)79(71)85-80-65-27-12-10-20-54(65)43-48-72(77)80/h1-51H. The minimum Gasteiger partial charge on any atom is -0.292 e. The lowest BCUT2D eigenvalue weighted by Crippen LogP contribution is -1.98. The Balaban J connectivity index is 0.756. The fourth-order valence-electron chi connectivity index (χ4n) is 14.0. The molecule has 0 radical (unpaired) electrons. The predicted octanol–water partition coefficient (Wildman–Crippen LogP) is 21.8. The summed E-state index contributed by atoms with van der Waals surface area (Å²) < 4.78 is 4.62. The third kappa shape index (κ3) is 7.84. The molecule has 88 heavy (non-hydrogen) atoms. The Morgan fingerprint density at radius 2 is 0.659 bits per heavy atom. The summed E-state index contributed by atoms with van der Waals surface area (Å²) in [5.41, 5.74) is 19.2. The molecule has 15 aromatic carbocycles. The van der Waals surface area contributed by atoms with Crippen molar-refractivity contribution in [2.45, 2.75) is 0 Å². The van der Waals surface area contributed by atoms with Crippen molar-refractivity contribution in [1.29, 1.82) is 0 Å². The van der Waals surface area contributed by atoms with Crippen LogP contribution in [0.25, 0.3) is 176 Å². The molecule has 0 N–H and O–H groups in total. The summed E-state index contributed by atoms with van der Waals surface area (Å²) in [4.78, 5) is 16.6. The van der Waals surface area contributed by atoms with Gasteiger partial charge in [0, 0.05) is 55.2 Å². The Hall–Kier alpha value is -11.8. The van der Waals surface area contributed by atoms with Gasteiger partial charge in [-0.1, -0.05) is 261 Å². The average molecular weight is 1120 g/mol. The SMILES string of the molecule is c1ccc(-c2nc3c(-c4ccc5c(c4)nc(-c4ccc(-c6c7ccc8ccccc8c7nc7c6ccc6ccccc67)cc4)n5-c4ccccc4)cccc3n2-c2ccc(-c3c4ccccc4c(-c4ccc5ccccc5c4)c4ccccc34)cc2)cc1. The van der Waals surface area contributed by atoms with Crippen LogP contribution in [0, 0.1) is 0 Å². The molecule has 0 aliphatic rings. The second-order valence-corrected chi connectivity index (χ2v) is 23.0. The Bertz CT molecular complexity index is 5690. The van der Waals surface area contributed by atoms with Crippen molar-refractivity contribution >= 4 is 97.7 Å². The summed E-state index contributed by atoms with van der Waals surface area (Å²) in [7, 11) is 0. The van der Waals surface area contributed by atoms with Crippen LogP contribution >= 0.6 is 0 Å². The van der Waals surface area contributed by atoms with E-state index in [1.807, 2.05) is 0 Å². The van der Waals surface area contributed by atoms with Gasteiger partial charge in [-0.25, -0.2) is 15.0 Å². The van der Waals surface area contributed by atoms with Crippen LogP contribution < -0.4 is 0 Å². The van der Waals surface area contributed by atoms with Crippen LogP contribution in [0.2, 0.25) is 0 Å². The van der Waals surface area contributed by atoms with E-state index in [4.69, 9.17) is 15.0 Å². The summed E-state index contributed by atoms with van der Waals surface area (Å²) in [6.07, 6.45) is 0. The maximum Gasteiger partial charge on any atom is 0.145 e. The molecule has 3 aromatic heterocycles. The molecule has 5 heteroatoms. The first-order valence-electron chi connectivity index (χ1n) is 30.1. The minimum atomic E-state index is 0.866. The fourth-order valence-corrected chi connectivity index (χ4v) is 14.0. The van der Waals surface area contributed by atoms with Crippen molar-refractivity contribution in [3.8, 4) is 78.7 Å². The quantitative estimate of drug-likeness (QED) is 0.113. The molecule has 0 atom stereocenters. The molecule has 0 aliphatic carbocycles. The zero-order valence-electron chi connectivity index (χ0n) is 47.7. The Morgan fingerprint density at radius 3 is 1.30 bits per heavy atom. The van der Waals surface area contributed by atoms with Crippen molar-refractivity contribution in [3.05, 3.63) is 309 Å². The third-order valence-electron chi connectivity index (χ3n) is 18.1. The van der Waals surface area contributed by atoms with Gasteiger partial charge in [-0.3, -0.25) is 9.13 Å². The van der Waals surface area contributed by atoms with Gasteiger partial charge >= 0.3 is 0 Å². The lowest BCUT2D eigenvalue weighted by atomic mass is 9.85. The van der Waals surface area contributed by atoms with E-state index in [2.05, 4.69) is 319 Å². The first-order chi connectivity index (χ1) is 43.6. The number of nitrogens with zero attached hydrogens (tertiary/aromatic N) is 5. The first-order valence-corrected chi connectivity index (χ1v) is 30.1. The maximum absolute atomic E-state index is 5.59. The van der Waals surface area contributed by atoms with E-state index >= 15 is 0 Å². The molecule has 0 fully saturated rings. The lowest BCUT2D eigenvalue weighted by molar-refractivity contribution is 1.10. The molecule has 18 aromatic rings. The van der Waals surface area contributed by atoms with E-state index in [0.29, 0.717) is 0 Å². The van der Waals surface area contributed by atoms with Crippen molar-refractivity contribution in [1.82, 2.24) is 24.1 Å². The number of fused-ring (bicyclic) bond motifs is 11. The van der Waals surface area contributed by atoms with Gasteiger partial charge in [0.05, 0.1) is 33.1 Å². The molecule has 0 amide bonds. The number of rotatable bonds is 8. The highest BCUT2D eigenvalue weighted by Gasteiger charge is 2.23. The Kier molecular flexibility index (Phi) is 11.2. The normalized spacial score (nSPS) is 11.9.